The van der Waals surface area contributed by atoms with Gasteiger partial charge in [0.15, 0.2) is 0 Å². The first kappa shape index (κ1) is 12.5. The van der Waals surface area contributed by atoms with Gasteiger partial charge in [0.2, 0.25) is 5.88 Å². The topological polar surface area (TPSA) is 47.9 Å². The zero-order valence-corrected chi connectivity index (χ0v) is 10.8. The van der Waals surface area contributed by atoms with Gasteiger partial charge in [0, 0.05) is 36.1 Å². The summed E-state index contributed by atoms with van der Waals surface area (Å²) in [5, 5.41) is 0. The Morgan fingerprint density at radius 3 is 2.89 bits per heavy atom. The van der Waals surface area contributed by atoms with Crippen LogP contribution in [0.1, 0.15) is 30.4 Å². The van der Waals surface area contributed by atoms with Crippen LogP contribution in [0.25, 0.3) is 0 Å². The number of aryl methyl sites for hydroxylation is 2. The molecule has 2 aromatic heterocycles. The lowest BCUT2D eigenvalue weighted by Crippen LogP contribution is -2.02. The molecule has 0 spiro atoms. The lowest BCUT2D eigenvalue weighted by atomic mass is 10.3. The Bertz CT molecular complexity index is 500. The lowest BCUT2D eigenvalue weighted by molar-refractivity contribution is 0.291. The lowest BCUT2D eigenvalue weighted by Gasteiger charge is -2.07. The Morgan fingerprint density at radius 2 is 2.17 bits per heavy atom. The first-order valence-electron chi connectivity index (χ1n) is 6.14. The number of pyridine rings is 1. The van der Waals surface area contributed by atoms with Crippen LogP contribution in [0, 0.1) is 6.92 Å². The van der Waals surface area contributed by atoms with E-state index in [2.05, 4.69) is 21.9 Å². The van der Waals surface area contributed by atoms with Crippen LogP contribution in [0.4, 0.5) is 0 Å². The van der Waals surface area contributed by atoms with E-state index in [4.69, 9.17) is 4.74 Å². The maximum Gasteiger partial charge on any atom is 0.217 e. The number of ether oxygens (including phenoxy) is 1. The minimum Gasteiger partial charge on any atom is -0.473 e. The summed E-state index contributed by atoms with van der Waals surface area (Å²) in [5.41, 5.74) is 1.97. The molecule has 0 saturated heterocycles. The fraction of sp³-hybridized carbons (Fsp3) is 0.357. The smallest absolute Gasteiger partial charge is 0.217 e. The number of hydrogen-bond acceptors (Lipinski definition) is 4. The standard InChI is InChI=1S/C14H17N3O/c1-3-5-13-16-11(2)8-14(17-13)18-10-12-6-4-7-15-9-12/h4,6-9H,3,5,10H2,1-2H3. The molecular formula is C14H17N3O. The second kappa shape index (κ2) is 6.10. The van der Waals surface area contributed by atoms with E-state index >= 15 is 0 Å². The molecule has 2 aromatic rings. The summed E-state index contributed by atoms with van der Waals surface area (Å²) < 4.78 is 5.67. The molecule has 0 aliphatic rings. The number of hydrogen-bond donors (Lipinski definition) is 0. The van der Waals surface area contributed by atoms with E-state index in [0.717, 1.165) is 29.9 Å². The summed E-state index contributed by atoms with van der Waals surface area (Å²) in [6, 6.07) is 5.73. The minimum atomic E-state index is 0.482. The molecule has 18 heavy (non-hydrogen) atoms. The van der Waals surface area contributed by atoms with E-state index in [-0.39, 0.29) is 0 Å². The van der Waals surface area contributed by atoms with Crippen LogP contribution < -0.4 is 4.74 Å². The van der Waals surface area contributed by atoms with Gasteiger partial charge in [-0.1, -0.05) is 13.0 Å². The van der Waals surface area contributed by atoms with Crippen LogP contribution in [0.15, 0.2) is 30.6 Å². The minimum absolute atomic E-state index is 0.482. The molecule has 4 heteroatoms. The van der Waals surface area contributed by atoms with Gasteiger partial charge in [0.1, 0.15) is 12.4 Å². The van der Waals surface area contributed by atoms with Crippen molar-refractivity contribution < 1.29 is 4.74 Å². The molecule has 0 aliphatic heterocycles. The molecule has 0 aromatic carbocycles. The van der Waals surface area contributed by atoms with E-state index in [0.29, 0.717) is 12.5 Å². The summed E-state index contributed by atoms with van der Waals surface area (Å²) in [7, 11) is 0. The quantitative estimate of drug-likeness (QED) is 0.810. The van der Waals surface area contributed by atoms with Crippen molar-refractivity contribution in [2.45, 2.75) is 33.3 Å². The molecule has 0 atom stereocenters. The second-order valence-electron chi connectivity index (χ2n) is 4.16. The van der Waals surface area contributed by atoms with Gasteiger partial charge in [-0.3, -0.25) is 4.98 Å². The molecule has 2 heterocycles. The molecule has 0 bridgehead atoms. The Balaban J connectivity index is 2.05. The van der Waals surface area contributed by atoms with Gasteiger partial charge < -0.3 is 4.74 Å². The second-order valence-corrected chi connectivity index (χ2v) is 4.16. The van der Waals surface area contributed by atoms with Gasteiger partial charge in [0.05, 0.1) is 0 Å². The third kappa shape index (κ3) is 3.52. The van der Waals surface area contributed by atoms with Gasteiger partial charge >= 0.3 is 0 Å². The maximum atomic E-state index is 5.67. The Hall–Kier alpha value is -1.97. The van der Waals surface area contributed by atoms with Crippen molar-refractivity contribution in [1.82, 2.24) is 15.0 Å². The summed E-state index contributed by atoms with van der Waals surface area (Å²) in [5.74, 6) is 1.48. The van der Waals surface area contributed by atoms with Crippen LogP contribution in [-0.2, 0) is 13.0 Å². The monoisotopic (exact) mass is 243 g/mol. The van der Waals surface area contributed by atoms with Crippen molar-refractivity contribution in [3.8, 4) is 5.88 Å². The first-order chi connectivity index (χ1) is 8.78. The van der Waals surface area contributed by atoms with E-state index < -0.39 is 0 Å². The molecule has 0 unspecified atom stereocenters. The number of aromatic nitrogens is 3. The zero-order chi connectivity index (χ0) is 12.8. The zero-order valence-electron chi connectivity index (χ0n) is 10.8. The van der Waals surface area contributed by atoms with E-state index in [1.165, 1.54) is 0 Å². The number of nitrogens with zero attached hydrogens (tertiary/aromatic N) is 3. The van der Waals surface area contributed by atoms with Crippen molar-refractivity contribution in [2.75, 3.05) is 0 Å². The van der Waals surface area contributed by atoms with E-state index in [1.807, 2.05) is 25.1 Å². The Labute approximate surface area is 107 Å². The summed E-state index contributed by atoms with van der Waals surface area (Å²) in [6.45, 7) is 4.55. The predicted octanol–water partition coefficient (Wildman–Crippen LogP) is 2.71. The van der Waals surface area contributed by atoms with Crippen molar-refractivity contribution in [1.29, 1.82) is 0 Å². The highest BCUT2D eigenvalue weighted by molar-refractivity contribution is 5.16. The Kier molecular flexibility index (Phi) is 4.23. The van der Waals surface area contributed by atoms with Crippen molar-refractivity contribution in [2.24, 2.45) is 0 Å². The molecule has 94 valence electrons. The van der Waals surface area contributed by atoms with Gasteiger partial charge in [-0.25, -0.2) is 4.98 Å². The average Bonchev–Trinajstić information content (AvgIpc) is 2.37. The molecule has 0 radical (unpaired) electrons. The summed E-state index contributed by atoms with van der Waals surface area (Å²) in [6.07, 6.45) is 5.45. The highest BCUT2D eigenvalue weighted by Crippen LogP contribution is 2.12. The highest BCUT2D eigenvalue weighted by Gasteiger charge is 2.03. The predicted molar refractivity (Wildman–Crippen MR) is 69.3 cm³/mol. The fourth-order valence-electron chi connectivity index (χ4n) is 1.65. The summed E-state index contributed by atoms with van der Waals surface area (Å²) >= 11 is 0. The highest BCUT2D eigenvalue weighted by atomic mass is 16.5. The van der Waals surface area contributed by atoms with Crippen molar-refractivity contribution in [3.05, 3.63) is 47.7 Å². The van der Waals surface area contributed by atoms with Crippen LogP contribution in [-0.4, -0.2) is 15.0 Å². The molecule has 2 rings (SSSR count). The largest absolute Gasteiger partial charge is 0.473 e. The van der Waals surface area contributed by atoms with Crippen LogP contribution in [0.2, 0.25) is 0 Å². The number of rotatable bonds is 5. The fourth-order valence-corrected chi connectivity index (χ4v) is 1.65. The first-order valence-corrected chi connectivity index (χ1v) is 6.14. The molecular weight excluding hydrogens is 226 g/mol. The molecule has 0 N–H and O–H groups in total. The van der Waals surface area contributed by atoms with Crippen LogP contribution >= 0.6 is 0 Å². The van der Waals surface area contributed by atoms with E-state index in [9.17, 15) is 0 Å². The van der Waals surface area contributed by atoms with Crippen molar-refractivity contribution >= 4 is 0 Å². The summed E-state index contributed by atoms with van der Waals surface area (Å²) in [4.78, 5) is 12.8. The normalized spacial score (nSPS) is 10.3. The average molecular weight is 243 g/mol. The van der Waals surface area contributed by atoms with Gasteiger partial charge in [-0.05, 0) is 19.4 Å². The van der Waals surface area contributed by atoms with Gasteiger partial charge in [0.25, 0.3) is 0 Å². The van der Waals surface area contributed by atoms with Gasteiger partial charge in [-0.2, -0.15) is 4.98 Å². The van der Waals surface area contributed by atoms with E-state index in [1.54, 1.807) is 12.4 Å². The maximum absolute atomic E-state index is 5.67. The third-order valence-corrected chi connectivity index (χ3v) is 2.46. The van der Waals surface area contributed by atoms with Crippen molar-refractivity contribution in [3.63, 3.8) is 0 Å². The molecule has 0 saturated carbocycles. The van der Waals surface area contributed by atoms with Gasteiger partial charge in [-0.15, -0.1) is 0 Å². The molecule has 0 fully saturated rings. The third-order valence-electron chi connectivity index (χ3n) is 2.46. The van der Waals surface area contributed by atoms with Crippen LogP contribution in [0.3, 0.4) is 0 Å². The molecule has 4 nitrogen and oxygen atoms in total. The van der Waals surface area contributed by atoms with Crippen LogP contribution in [0.5, 0.6) is 5.88 Å². The molecule has 0 amide bonds. The molecule has 0 aliphatic carbocycles. The Morgan fingerprint density at radius 1 is 1.28 bits per heavy atom. The SMILES string of the molecule is CCCc1nc(C)cc(OCc2cccnc2)n1.